The lowest BCUT2D eigenvalue weighted by Gasteiger charge is -2.30. The van der Waals surface area contributed by atoms with Gasteiger partial charge < -0.3 is 10.1 Å². The Balaban J connectivity index is 1.31. The van der Waals surface area contributed by atoms with Gasteiger partial charge in [-0.1, -0.05) is 59.9 Å². The molecule has 3 aromatic heterocycles. The van der Waals surface area contributed by atoms with Gasteiger partial charge in [-0.2, -0.15) is 0 Å². The number of ether oxygens (including phenoxy) is 1. The quantitative estimate of drug-likeness (QED) is 0.231. The van der Waals surface area contributed by atoms with Gasteiger partial charge >= 0.3 is 0 Å². The van der Waals surface area contributed by atoms with E-state index in [1.807, 2.05) is 53.1 Å². The minimum Gasteiger partial charge on any atom is -0.370 e. The van der Waals surface area contributed by atoms with Crippen molar-refractivity contribution >= 4 is 73.1 Å². The van der Waals surface area contributed by atoms with Gasteiger partial charge in [0, 0.05) is 22.4 Å². The van der Waals surface area contributed by atoms with Crippen LogP contribution in [0.5, 0.6) is 0 Å². The first-order chi connectivity index (χ1) is 16.9. The standard InChI is InChI=1S/C25H23N5O2S3/c1-25(2)11-16-18(12-32-25)35-22-20(16)21-28-29-24(30(21)23(27-22)33-3)34-13-19(31)26-17-10-6-8-14-7-4-5-9-15(14)17/h4-10H,11-13H2,1-3H3,(H,26,31). The maximum Gasteiger partial charge on any atom is 0.234 e. The molecule has 178 valence electrons. The predicted octanol–water partition coefficient (Wildman–Crippen LogP) is 5.80. The monoisotopic (exact) mass is 521 g/mol. The summed E-state index contributed by atoms with van der Waals surface area (Å²) in [5, 5.41) is 16.7. The van der Waals surface area contributed by atoms with Crippen LogP contribution in [0.15, 0.2) is 52.8 Å². The molecule has 2 aromatic carbocycles. The van der Waals surface area contributed by atoms with E-state index in [2.05, 4.69) is 29.4 Å². The Bertz CT molecular complexity index is 1600. The zero-order valence-electron chi connectivity index (χ0n) is 19.5. The van der Waals surface area contributed by atoms with Crippen LogP contribution in [0.2, 0.25) is 0 Å². The summed E-state index contributed by atoms with van der Waals surface area (Å²) in [6.07, 6.45) is 2.80. The topological polar surface area (TPSA) is 81.4 Å². The lowest BCUT2D eigenvalue weighted by Crippen LogP contribution is -2.31. The van der Waals surface area contributed by atoms with Crippen LogP contribution in [0.25, 0.3) is 26.6 Å². The molecular weight excluding hydrogens is 499 g/mol. The molecule has 6 rings (SSSR count). The molecule has 35 heavy (non-hydrogen) atoms. The molecule has 0 saturated heterocycles. The maximum absolute atomic E-state index is 12.9. The van der Waals surface area contributed by atoms with E-state index in [9.17, 15) is 4.79 Å². The van der Waals surface area contributed by atoms with E-state index >= 15 is 0 Å². The molecule has 0 radical (unpaired) electrons. The van der Waals surface area contributed by atoms with Gasteiger partial charge in [0.1, 0.15) is 4.83 Å². The molecule has 1 aliphatic heterocycles. The lowest BCUT2D eigenvalue weighted by molar-refractivity contribution is -0.113. The second-order valence-corrected chi connectivity index (χ2v) is 11.8. The van der Waals surface area contributed by atoms with Crippen molar-refractivity contribution in [1.29, 1.82) is 0 Å². The number of hydrogen-bond acceptors (Lipinski definition) is 8. The lowest BCUT2D eigenvalue weighted by atomic mass is 9.94. The number of carbonyl (C=O) groups is 1. The van der Waals surface area contributed by atoms with Crippen LogP contribution < -0.4 is 5.32 Å². The highest BCUT2D eigenvalue weighted by molar-refractivity contribution is 8.00. The first-order valence-corrected chi connectivity index (χ1v) is 14.2. The van der Waals surface area contributed by atoms with E-state index in [1.54, 1.807) is 23.1 Å². The molecule has 0 atom stereocenters. The molecule has 1 N–H and O–H groups in total. The third-order valence-electron chi connectivity index (χ3n) is 6.09. The summed E-state index contributed by atoms with van der Waals surface area (Å²) in [7, 11) is 0. The number of thiophene rings is 1. The van der Waals surface area contributed by atoms with Crippen LogP contribution in [-0.2, 0) is 22.6 Å². The Morgan fingerprint density at radius 1 is 1.17 bits per heavy atom. The molecule has 0 spiro atoms. The number of rotatable bonds is 5. The Hall–Kier alpha value is -2.66. The molecule has 4 heterocycles. The normalized spacial score (nSPS) is 15.1. The second kappa shape index (κ2) is 8.77. The van der Waals surface area contributed by atoms with E-state index in [0.717, 1.165) is 43.9 Å². The van der Waals surface area contributed by atoms with Crippen LogP contribution in [-0.4, -0.2) is 43.1 Å². The molecule has 1 aliphatic rings. The van der Waals surface area contributed by atoms with Crippen molar-refractivity contribution in [3.63, 3.8) is 0 Å². The van der Waals surface area contributed by atoms with E-state index in [1.165, 1.54) is 22.2 Å². The van der Waals surface area contributed by atoms with Crippen molar-refractivity contribution in [3.8, 4) is 0 Å². The molecule has 5 aromatic rings. The summed E-state index contributed by atoms with van der Waals surface area (Å²) < 4.78 is 8.01. The number of amides is 1. The van der Waals surface area contributed by atoms with Crippen molar-refractivity contribution in [3.05, 3.63) is 52.9 Å². The number of anilines is 1. The number of nitrogens with zero attached hydrogens (tertiary/aromatic N) is 4. The molecule has 1 amide bonds. The Morgan fingerprint density at radius 2 is 2.00 bits per heavy atom. The van der Waals surface area contributed by atoms with Crippen molar-refractivity contribution < 1.29 is 9.53 Å². The van der Waals surface area contributed by atoms with Crippen LogP contribution in [0.3, 0.4) is 0 Å². The minimum absolute atomic E-state index is 0.0883. The minimum atomic E-state index is -0.229. The molecule has 0 unspecified atom stereocenters. The van der Waals surface area contributed by atoms with E-state index < -0.39 is 0 Å². The number of nitrogens with one attached hydrogen (secondary N) is 1. The number of thioether (sulfide) groups is 2. The van der Waals surface area contributed by atoms with Crippen molar-refractivity contribution in [2.45, 2.75) is 42.8 Å². The highest BCUT2D eigenvalue weighted by Gasteiger charge is 2.31. The summed E-state index contributed by atoms with van der Waals surface area (Å²) in [6, 6.07) is 13.9. The van der Waals surface area contributed by atoms with E-state index in [0.29, 0.717) is 11.8 Å². The molecular formula is C25H23N5O2S3. The van der Waals surface area contributed by atoms with Crippen LogP contribution >= 0.6 is 34.9 Å². The van der Waals surface area contributed by atoms with Gasteiger partial charge in [0.05, 0.1) is 23.3 Å². The Labute approximate surface area is 214 Å². The zero-order valence-corrected chi connectivity index (χ0v) is 21.9. The average Bonchev–Trinajstić information content (AvgIpc) is 3.42. The van der Waals surface area contributed by atoms with Crippen molar-refractivity contribution in [2.75, 3.05) is 17.3 Å². The van der Waals surface area contributed by atoms with E-state index in [4.69, 9.17) is 9.72 Å². The zero-order chi connectivity index (χ0) is 24.2. The highest BCUT2D eigenvalue weighted by atomic mass is 32.2. The van der Waals surface area contributed by atoms with Gasteiger partial charge in [0.25, 0.3) is 0 Å². The van der Waals surface area contributed by atoms with Gasteiger partial charge in [-0.25, -0.2) is 9.38 Å². The summed E-state index contributed by atoms with van der Waals surface area (Å²) in [6.45, 7) is 4.81. The molecule has 0 saturated carbocycles. The fraction of sp³-hybridized carbons (Fsp3) is 0.280. The van der Waals surface area contributed by atoms with Gasteiger partial charge in [0.15, 0.2) is 16.0 Å². The fourth-order valence-electron chi connectivity index (χ4n) is 4.47. The number of aromatic nitrogens is 4. The van der Waals surface area contributed by atoms with Crippen LogP contribution in [0.1, 0.15) is 24.3 Å². The maximum atomic E-state index is 12.9. The molecule has 0 fully saturated rings. The van der Waals surface area contributed by atoms with Crippen LogP contribution in [0.4, 0.5) is 5.69 Å². The number of benzene rings is 2. The van der Waals surface area contributed by atoms with Gasteiger partial charge in [-0.15, -0.1) is 21.5 Å². The van der Waals surface area contributed by atoms with Gasteiger partial charge in [0.2, 0.25) is 5.91 Å². The molecule has 7 nitrogen and oxygen atoms in total. The first-order valence-electron chi connectivity index (χ1n) is 11.2. The summed E-state index contributed by atoms with van der Waals surface area (Å²) in [4.78, 5) is 20.0. The van der Waals surface area contributed by atoms with Crippen LogP contribution in [0, 0.1) is 0 Å². The smallest absolute Gasteiger partial charge is 0.234 e. The fourth-order valence-corrected chi connectivity index (χ4v) is 6.95. The molecule has 0 aliphatic carbocycles. The summed E-state index contributed by atoms with van der Waals surface area (Å²) in [5.41, 5.74) is 2.63. The SMILES string of the molecule is CSc1nc2sc3c(c2c2nnc(SCC(=O)Nc4cccc5ccccc45)n12)CC(C)(C)OC3. The summed E-state index contributed by atoms with van der Waals surface area (Å²) >= 11 is 4.59. The largest absolute Gasteiger partial charge is 0.370 e. The van der Waals surface area contributed by atoms with Crippen molar-refractivity contribution in [1.82, 2.24) is 19.6 Å². The first kappa shape index (κ1) is 22.8. The second-order valence-electron chi connectivity index (χ2n) is 9.01. The third-order valence-corrected chi connectivity index (χ3v) is 8.76. The number of carbonyl (C=O) groups excluding carboxylic acids is 1. The van der Waals surface area contributed by atoms with Crippen molar-refractivity contribution in [2.24, 2.45) is 0 Å². The van der Waals surface area contributed by atoms with Gasteiger partial charge in [-0.3, -0.25) is 4.79 Å². The predicted molar refractivity (Wildman–Crippen MR) is 144 cm³/mol. The summed E-state index contributed by atoms with van der Waals surface area (Å²) in [5.74, 6) is 0.132. The average molecular weight is 522 g/mol. The Morgan fingerprint density at radius 3 is 2.86 bits per heavy atom. The Kier molecular flexibility index (Phi) is 5.71. The number of fused-ring (bicyclic) bond motifs is 6. The van der Waals surface area contributed by atoms with Gasteiger partial charge in [-0.05, 0) is 37.1 Å². The highest BCUT2D eigenvalue weighted by Crippen LogP contribution is 2.41. The number of hydrogen-bond donors (Lipinski definition) is 1. The molecule has 0 bridgehead atoms. The van der Waals surface area contributed by atoms with E-state index in [-0.39, 0.29) is 17.3 Å². The molecule has 10 heteroatoms. The third kappa shape index (κ3) is 4.08.